The fourth-order valence-corrected chi connectivity index (χ4v) is 4.50. The van der Waals surface area contributed by atoms with Gasteiger partial charge in [-0.2, -0.15) is 0 Å². The van der Waals surface area contributed by atoms with Gasteiger partial charge in [0.15, 0.2) is 0 Å². The molecule has 0 fully saturated rings. The van der Waals surface area contributed by atoms with Crippen molar-refractivity contribution in [2.24, 2.45) is 0 Å². The van der Waals surface area contributed by atoms with Crippen molar-refractivity contribution in [1.29, 1.82) is 0 Å². The minimum Gasteiger partial charge on any atom is -0.348 e. The topological polar surface area (TPSA) is 92.9 Å². The smallest absolute Gasteiger partial charge is 0.255 e. The van der Waals surface area contributed by atoms with Crippen LogP contribution < -0.4 is 5.32 Å². The zero-order valence-electron chi connectivity index (χ0n) is 21.8. The molecule has 0 radical (unpaired) electrons. The van der Waals surface area contributed by atoms with E-state index in [9.17, 15) is 4.79 Å². The molecule has 1 amide bonds. The molecule has 4 aromatic rings. The molecule has 8 nitrogen and oxygen atoms in total. The van der Waals surface area contributed by atoms with Gasteiger partial charge in [0.2, 0.25) is 0 Å². The first-order valence-electron chi connectivity index (χ1n) is 13.0. The Balaban J connectivity index is 1.41. The molecule has 0 aliphatic heterocycles. The van der Waals surface area contributed by atoms with Crippen LogP contribution in [-0.2, 0) is 26.2 Å². The minimum atomic E-state index is -0.0976. The summed E-state index contributed by atoms with van der Waals surface area (Å²) in [5, 5.41) is 3.14. The molecule has 0 saturated heterocycles. The number of rotatable bonds is 14. The lowest BCUT2D eigenvalue weighted by molar-refractivity contribution is 0.102. The molecular weight excluding hydrogens is 462 g/mol. The maximum Gasteiger partial charge on any atom is 0.255 e. The van der Waals surface area contributed by atoms with Crippen LogP contribution >= 0.6 is 0 Å². The van der Waals surface area contributed by atoms with Gasteiger partial charge in [-0.1, -0.05) is 44.2 Å². The Hall–Kier alpha value is -3.75. The number of H-pyrrole nitrogens is 2. The third-order valence-corrected chi connectivity index (χ3v) is 6.22. The summed E-state index contributed by atoms with van der Waals surface area (Å²) in [6.07, 6.45) is 9.41. The van der Waals surface area contributed by atoms with Gasteiger partial charge < -0.3 is 15.3 Å². The molecule has 0 bridgehead atoms. The number of nitrogens with zero attached hydrogens (tertiary/aromatic N) is 4. The maximum absolute atomic E-state index is 13.1. The highest BCUT2D eigenvalue weighted by molar-refractivity contribution is 6.04. The van der Waals surface area contributed by atoms with Crippen LogP contribution in [0.1, 0.15) is 59.8 Å². The summed E-state index contributed by atoms with van der Waals surface area (Å²) in [6, 6.07) is 15.9. The van der Waals surface area contributed by atoms with Crippen LogP contribution in [0.25, 0.3) is 0 Å². The summed E-state index contributed by atoms with van der Waals surface area (Å²) in [7, 11) is 0. The molecule has 2 heterocycles. The van der Waals surface area contributed by atoms with Gasteiger partial charge in [0.05, 0.1) is 13.1 Å². The summed E-state index contributed by atoms with van der Waals surface area (Å²) < 4.78 is 0. The second kappa shape index (κ2) is 13.5. The molecule has 2 aromatic heterocycles. The summed E-state index contributed by atoms with van der Waals surface area (Å²) in [6.45, 7) is 9.37. The molecule has 0 unspecified atom stereocenters. The molecule has 0 spiro atoms. The van der Waals surface area contributed by atoms with Gasteiger partial charge in [-0.05, 0) is 55.3 Å². The van der Waals surface area contributed by atoms with Crippen LogP contribution in [0, 0.1) is 0 Å². The van der Waals surface area contributed by atoms with Crippen molar-refractivity contribution < 1.29 is 4.79 Å². The van der Waals surface area contributed by atoms with E-state index in [1.165, 1.54) is 0 Å². The van der Waals surface area contributed by atoms with Gasteiger partial charge in [0.1, 0.15) is 11.6 Å². The maximum atomic E-state index is 13.1. The van der Waals surface area contributed by atoms with Crippen molar-refractivity contribution in [1.82, 2.24) is 29.7 Å². The number of hydrogen-bond acceptors (Lipinski definition) is 5. The van der Waals surface area contributed by atoms with Crippen LogP contribution in [0.5, 0.6) is 0 Å². The lowest BCUT2D eigenvalue weighted by Gasteiger charge is -2.22. The Labute approximate surface area is 219 Å². The second-order valence-electron chi connectivity index (χ2n) is 9.30. The third kappa shape index (κ3) is 7.87. The predicted molar refractivity (Wildman–Crippen MR) is 147 cm³/mol. The molecule has 37 heavy (non-hydrogen) atoms. The summed E-state index contributed by atoms with van der Waals surface area (Å²) in [4.78, 5) is 32.9. The van der Waals surface area contributed by atoms with Crippen molar-refractivity contribution >= 4 is 11.6 Å². The highest BCUT2D eigenvalue weighted by Crippen LogP contribution is 2.19. The highest BCUT2D eigenvalue weighted by Gasteiger charge is 2.14. The molecule has 194 valence electrons. The minimum absolute atomic E-state index is 0.0976. The van der Waals surface area contributed by atoms with Gasteiger partial charge in [-0.3, -0.25) is 14.6 Å². The first kappa shape index (κ1) is 26.3. The van der Waals surface area contributed by atoms with Crippen LogP contribution in [0.4, 0.5) is 5.69 Å². The fraction of sp³-hybridized carbons (Fsp3) is 0.345. The SMILES string of the molecule is CCCN(CCC)Cc1ccccc1NC(=O)c1ccc(CN(Cc2ncc[nH]2)Cc2ncc[nH]2)cc1. The monoisotopic (exact) mass is 499 g/mol. The molecule has 8 heteroatoms. The van der Waals surface area contributed by atoms with Crippen LogP contribution in [-0.4, -0.2) is 48.7 Å². The molecule has 0 aliphatic carbocycles. The van der Waals surface area contributed by atoms with Crippen LogP contribution in [0.15, 0.2) is 73.3 Å². The van der Waals surface area contributed by atoms with Crippen molar-refractivity contribution in [3.05, 3.63) is 102 Å². The average Bonchev–Trinajstić information content (AvgIpc) is 3.61. The fourth-order valence-electron chi connectivity index (χ4n) is 4.50. The number of amides is 1. The zero-order valence-corrected chi connectivity index (χ0v) is 21.8. The molecule has 3 N–H and O–H groups in total. The number of carbonyl (C=O) groups excluding carboxylic acids is 1. The molecule has 0 atom stereocenters. The van der Waals surface area contributed by atoms with E-state index in [2.05, 4.69) is 55.0 Å². The normalized spacial score (nSPS) is 11.4. The largest absolute Gasteiger partial charge is 0.348 e. The lowest BCUT2D eigenvalue weighted by Crippen LogP contribution is -2.25. The molecule has 0 saturated carbocycles. The lowest BCUT2D eigenvalue weighted by atomic mass is 10.1. The van der Waals surface area contributed by atoms with E-state index in [0.717, 1.165) is 60.9 Å². The van der Waals surface area contributed by atoms with Crippen molar-refractivity contribution in [2.75, 3.05) is 18.4 Å². The average molecular weight is 500 g/mol. The van der Waals surface area contributed by atoms with Gasteiger partial charge in [0.25, 0.3) is 5.91 Å². The van der Waals surface area contributed by atoms with Gasteiger partial charge >= 0.3 is 0 Å². The summed E-state index contributed by atoms with van der Waals surface area (Å²) in [5.74, 6) is 1.70. The van der Waals surface area contributed by atoms with Crippen molar-refractivity contribution in [3.63, 3.8) is 0 Å². The Bertz CT molecular complexity index is 1160. The second-order valence-corrected chi connectivity index (χ2v) is 9.30. The standard InChI is InChI=1S/C29H37N7O/c1-3-17-35(18-4-2)20-25-7-5-6-8-26(25)34-29(37)24-11-9-23(10-12-24)19-36(21-27-30-13-14-31-27)22-28-32-15-16-33-28/h5-16H,3-4,17-22H2,1-2H3,(H,30,31)(H,32,33)(H,34,37). The van der Waals surface area contributed by atoms with Gasteiger partial charge in [0, 0.05) is 49.1 Å². The molecule has 2 aromatic carbocycles. The Morgan fingerprint density at radius 3 is 1.97 bits per heavy atom. The predicted octanol–water partition coefficient (Wildman–Crippen LogP) is 5.21. The number of aromatic amines is 2. The third-order valence-electron chi connectivity index (χ3n) is 6.22. The van der Waals surface area contributed by atoms with Gasteiger partial charge in [-0.25, -0.2) is 9.97 Å². The van der Waals surface area contributed by atoms with Crippen LogP contribution in [0.3, 0.4) is 0 Å². The Morgan fingerprint density at radius 1 is 0.784 bits per heavy atom. The number of para-hydroxylation sites is 1. The van der Waals surface area contributed by atoms with E-state index in [1.54, 1.807) is 12.4 Å². The molecule has 4 rings (SSSR count). The number of nitrogens with one attached hydrogen (secondary N) is 3. The van der Waals surface area contributed by atoms with E-state index in [1.807, 2.05) is 54.9 Å². The van der Waals surface area contributed by atoms with E-state index in [0.29, 0.717) is 25.2 Å². The first-order valence-corrected chi connectivity index (χ1v) is 13.0. The highest BCUT2D eigenvalue weighted by atomic mass is 16.1. The Kier molecular flexibility index (Phi) is 9.62. The number of benzene rings is 2. The summed E-state index contributed by atoms with van der Waals surface area (Å²) >= 11 is 0. The van der Waals surface area contributed by atoms with Crippen molar-refractivity contribution in [3.8, 4) is 0 Å². The van der Waals surface area contributed by atoms with Crippen molar-refractivity contribution in [2.45, 2.75) is 52.9 Å². The van der Waals surface area contributed by atoms with E-state index in [-0.39, 0.29) is 5.91 Å². The number of imidazole rings is 2. The Morgan fingerprint density at radius 2 is 1.41 bits per heavy atom. The number of carbonyl (C=O) groups is 1. The number of aromatic nitrogens is 4. The van der Waals surface area contributed by atoms with E-state index < -0.39 is 0 Å². The number of hydrogen-bond donors (Lipinski definition) is 3. The first-order chi connectivity index (χ1) is 18.1. The summed E-state index contributed by atoms with van der Waals surface area (Å²) in [5.41, 5.74) is 3.77. The molecule has 0 aliphatic rings. The van der Waals surface area contributed by atoms with E-state index in [4.69, 9.17) is 0 Å². The van der Waals surface area contributed by atoms with E-state index >= 15 is 0 Å². The van der Waals surface area contributed by atoms with Crippen LogP contribution in [0.2, 0.25) is 0 Å². The number of anilines is 1. The molecular formula is C29H37N7O. The zero-order chi connectivity index (χ0) is 25.9. The van der Waals surface area contributed by atoms with Gasteiger partial charge in [-0.15, -0.1) is 0 Å². The quantitative estimate of drug-likeness (QED) is 0.221.